The van der Waals surface area contributed by atoms with E-state index in [-0.39, 0.29) is 11.8 Å². The molecule has 1 heterocycles. The van der Waals surface area contributed by atoms with Crippen molar-refractivity contribution in [1.29, 1.82) is 0 Å². The maximum Gasteiger partial charge on any atom is 0.143 e. The molecule has 4 atom stereocenters. The molecule has 1 aromatic carbocycles. The number of likely N-dealkylation sites (N-methyl/N-ethyl adjacent to an activating group) is 1. The van der Waals surface area contributed by atoms with E-state index >= 15 is 0 Å². The van der Waals surface area contributed by atoms with Crippen molar-refractivity contribution in [3.8, 4) is 0 Å². The Morgan fingerprint density at radius 1 is 1.22 bits per heavy atom. The second-order valence-electron chi connectivity index (χ2n) is 5.84. The van der Waals surface area contributed by atoms with Gasteiger partial charge in [0.15, 0.2) is 0 Å². The van der Waals surface area contributed by atoms with E-state index in [0.29, 0.717) is 17.9 Å². The maximum absolute atomic E-state index is 12.4. The summed E-state index contributed by atoms with van der Waals surface area (Å²) < 4.78 is 0. The molecule has 2 fully saturated rings. The minimum Gasteiger partial charge on any atom is -0.378 e. The topological polar surface area (TPSA) is 32.3 Å². The van der Waals surface area contributed by atoms with Gasteiger partial charge in [0.2, 0.25) is 0 Å². The van der Waals surface area contributed by atoms with E-state index in [4.69, 9.17) is 0 Å². The second kappa shape index (κ2) is 3.50. The molecule has 0 amide bonds. The number of ketones is 1. The van der Waals surface area contributed by atoms with Gasteiger partial charge >= 0.3 is 0 Å². The average molecular weight is 242 g/mol. The molecule has 0 radical (unpaired) electrons. The van der Waals surface area contributed by atoms with E-state index in [2.05, 4.69) is 41.5 Å². The molecule has 2 saturated carbocycles. The van der Waals surface area contributed by atoms with Crippen LogP contribution in [0.4, 0.5) is 11.4 Å². The molecular formula is C15H18N2O. The van der Waals surface area contributed by atoms with E-state index in [0.717, 1.165) is 12.8 Å². The van der Waals surface area contributed by atoms with Crippen LogP contribution in [0.15, 0.2) is 24.3 Å². The zero-order chi connectivity index (χ0) is 12.3. The molecule has 0 unspecified atom stereocenters. The van der Waals surface area contributed by atoms with Crippen molar-refractivity contribution in [2.24, 2.45) is 11.8 Å². The Morgan fingerprint density at radius 2 is 2.00 bits per heavy atom. The molecule has 1 N–H and O–H groups in total. The molecule has 4 rings (SSSR count). The largest absolute Gasteiger partial charge is 0.378 e. The number of hydrogen-bond donors (Lipinski definition) is 1. The van der Waals surface area contributed by atoms with E-state index in [1.54, 1.807) is 0 Å². The first-order valence-electron chi connectivity index (χ1n) is 6.89. The highest BCUT2D eigenvalue weighted by Crippen LogP contribution is 2.47. The van der Waals surface area contributed by atoms with Crippen molar-refractivity contribution in [1.82, 2.24) is 0 Å². The summed E-state index contributed by atoms with van der Waals surface area (Å²) in [5.41, 5.74) is 2.42. The van der Waals surface area contributed by atoms with Gasteiger partial charge in [-0.1, -0.05) is 18.6 Å². The van der Waals surface area contributed by atoms with Crippen LogP contribution in [0.5, 0.6) is 0 Å². The summed E-state index contributed by atoms with van der Waals surface area (Å²) in [5.74, 6) is 0.993. The van der Waals surface area contributed by atoms with Crippen molar-refractivity contribution in [3.05, 3.63) is 24.3 Å². The summed E-state index contributed by atoms with van der Waals surface area (Å²) in [7, 11) is 2.14. The normalized spacial score (nSPS) is 36.9. The molecule has 0 aromatic heterocycles. The van der Waals surface area contributed by atoms with Gasteiger partial charge in [0.05, 0.1) is 23.5 Å². The number of nitrogens with zero attached hydrogens (tertiary/aromatic N) is 1. The number of nitrogens with one attached hydrogen (secondary N) is 1. The van der Waals surface area contributed by atoms with Gasteiger partial charge in [-0.15, -0.1) is 0 Å². The molecule has 94 valence electrons. The number of carbonyl (C=O) groups excluding carboxylic acids is 1. The fourth-order valence-corrected chi connectivity index (χ4v) is 4.24. The van der Waals surface area contributed by atoms with Gasteiger partial charge in [-0.25, -0.2) is 0 Å². The third kappa shape index (κ3) is 1.17. The molecule has 3 aliphatic rings. The smallest absolute Gasteiger partial charge is 0.143 e. The van der Waals surface area contributed by atoms with Crippen molar-refractivity contribution in [2.75, 3.05) is 17.3 Å². The molecule has 1 aliphatic heterocycles. The molecule has 2 bridgehead atoms. The Balaban J connectivity index is 1.82. The minimum atomic E-state index is 0.240. The molecular weight excluding hydrogens is 224 g/mol. The molecule has 0 spiro atoms. The van der Waals surface area contributed by atoms with Gasteiger partial charge in [0.25, 0.3) is 0 Å². The Morgan fingerprint density at radius 3 is 2.89 bits per heavy atom. The van der Waals surface area contributed by atoms with Crippen molar-refractivity contribution in [3.63, 3.8) is 0 Å². The van der Waals surface area contributed by atoms with Gasteiger partial charge in [0.1, 0.15) is 5.78 Å². The Bertz CT molecular complexity index is 513. The summed E-state index contributed by atoms with van der Waals surface area (Å²) in [6, 6.07) is 9.08. The van der Waals surface area contributed by atoms with Crippen LogP contribution >= 0.6 is 0 Å². The molecule has 3 heteroatoms. The van der Waals surface area contributed by atoms with Crippen molar-refractivity contribution in [2.45, 2.75) is 31.3 Å². The Labute approximate surface area is 107 Å². The number of anilines is 2. The first-order chi connectivity index (χ1) is 8.77. The Kier molecular flexibility index (Phi) is 2.02. The summed E-state index contributed by atoms with van der Waals surface area (Å²) >= 11 is 0. The van der Waals surface area contributed by atoms with Gasteiger partial charge in [-0.2, -0.15) is 0 Å². The van der Waals surface area contributed by atoms with Crippen LogP contribution in [0.3, 0.4) is 0 Å². The molecule has 18 heavy (non-hydrogen) atoms. The van der Waals surface area contributed by atoms with Crippen molar-refractivity contribution >= 4 is 17.2 Å². The average Bonchev–Trinajstić information content (AvgIpc) is 2.56. The van der Waals surface area contributed by atoms with Crippen LogP contribution in [-0.2, 0) is 4.79 Å². The summed E-state index contributed by atoms with van der Waals surface area (Å²) in [6.45, 7) is 0. The standard InChI is InChI=1S/C15H18N2O/c1-17-12-8-3-2-7-11(12)16-13-9-5-4-6-10(14(13)17)15(9)18/h2-3,7-10,13-14,16H,4-6H2,1H3/t9-,10+,13-,14+/m0/s1. The van der Waals surface area contributed by atoms with Crippen LogP contribution in [0.25, 0.3) is 0 Å². The van der Waals surface area contributed by atoms with Crippen LogP contribution in [-0.4, -0.2) is 24.9 Å². The van der Waals surface area contributed by atoms with Crippen LogP contribution in [0.2, 0.25) is 0 Å². The number of Topliss-reactive ketones (excluding diaryl/α,β-unsaturated/α-hetero) is 1. The SMILES string of the molecule is CN1c2ccccc2N[C@@H]2[C@H]1[C@H]1CCC[C@@H]2C1=O. The highest BCUT2D eigenvalue weighted by atomic mass is 16.1. The Hall–Kier alpha value is -1.51. The lowest BCUT2D eigenvalue weighted by Gasteiger charge is -2.41. The highest BCUT2D eigenvalue weighted by Gasteiger charge is 2.54. The van der Waals surface area contributed by atoms with Gasteiger partial charge in [-0.05, 0) is 25.0 Å². The van der Waals surface area contributed by atoms with Crippen LogP contribution in [0.1, 0.15) is 19.3 Å². The first kappa shape index (κ1) is 10.4. The summed E-state index contributed by atoms with van der Waals surface area (Å²) in [4.78, 5) is 14.7. The number of carbonyl (C=O) groups is 1. The predicted molar refractivity (Wildman–Crippen MR) is 71.9 cm³/mol. The zero-order valence-electron chi connectivity index (χ0n) is 10.6. The fraction of sp³-hybridized carbons (Fsp3) is 0.533. The number of benzene rings is 1. The summed E-state index contributed by atoms with van der Waals surface area (Å²) in [5, 5.41) is 3.63. The van der Waals surface area contributed by atoms with Gasteiger partial charge in [0, 0.05) is 18.9 Å². The fourth-order valence-electron chi connectivity index (χ4n) is 4.24. The lowest BCUT2D eigenvalue weighted by atomic mass is 9.87. The van der Waals surface area contributed by atoms with Crippen LogP contribution in [0, 0.1) is 11.8 Å². The summed E-state index contributed by atoms with van der Waals surface area (Å²) in [6.07, 6.45) is 3.35. The molecule has 2 aliphatic carbocycles. The van der Waals surface area contributed by atoms with E-state index in [1.165, 1.54) is 17.8 Å². The number of fused-ring (bicyclic) bond motifs is 6. The van der Waals surface area contributed by atoms with Crippen LogP contribution < -0.4 is 10.2 Å². The molecule has 1 aromatic rings. The number of rotatable bonds is 0. The molecule has 0 saturated heterocycles. The number of hydrogen-bond acceptors (Lipinski definition) is 3. The monoisotopic (exact) mass is 242 g/mol. The molecule has 3 nitrogen and oxygen atoms in total. The third-order valence-corrected chi connectivity index (χ3v) is 5.03. The van der Waals surface area contributed by atoms with E-state index in [1.807, 2.05) is 0 Å². The minimum absolute atomic E-state index is 0.240. The first-order valence-corrected chi connectivity index (χ1v) is 6.89. The highest BCUT2D eigenvalue weighted by molar-refractivity contribution is 5.92. The third-order valence-electron chi connectivity index (χ3n) is 5.03. The number of para-hydroxylation sites is 2. The quantitative estimate of drug-likeness (QED) is 0.757. The van der Waals surface area contributed by atoms with E-state index < -0.39 is 0 Å². The lowest BCUT2D eigenvalue weighted by molar-refractivity contribution is -0.125. The second-order valence-corrected chi connectivity index (χ2v) is 5.84. The maximum atomic E-state index is 12.4. The lowest BCUT2D eigenvalue weighted by Crippen LogP contribution is -2.49. The van der Waals surface area contributed by atoms with Crippen molar-refractivity contribution < 1.29 is 4.79 Å². The van der Waals surface area contributed by atoms with Gasteiger partial charge in [-0.3, -0.25) is 4.79 Å². The zero-order valence-corrected chi connectivity index (χ0v) is 10.6. The van der Waals surface area contributed by atoms with E-state index in [9.17, 15) is 4.79 Å². The van der Waals surface area contributed by atoms with Gasteiger partial charge < -0.3 is 10.2 Å². The predicted octanol–water partition coefficient (Wildman–Crippen LogP) is 2.28.